The molecule has 0 unspecified atom stereocenters. The van der Waals surface area contributed by atoms with Gasteiger partial charge in [-0.25, -0.2) is 9.69 Å². The van der Waals surface area contributed by atoms with Crippen LogP contribution in [0.1, 0.15) is 11.1 Å². The Morgan fingerprint density at radius 3 is 2.36 bits per heavy atom. The predicted octanol–water partition coefficient (Wildman–Crippen LogP) is 4.59. The fourth-order valence-corrected chi connectivity index (χ4v) is 3.51. The molecule has 0 aliphatic carbocycles. The summed E-state index contributed by atoms with van der Waals surface area (Å²) in [5, 5.41) is 2.58. The topological polar surface area (TPSA) is 84.9 Å². The van der Waals surface area contributed by atoms with E-state index in [9.17, 15) is 14.4 Å². The molecule has 0 radical (unpaired) electrons. The molecule has 4 amide bonds. The third-order valence-corrected chi connectivity index (χ3v) is 5.10. The molecule has 1 N–H and O–H groups in total. The summed E-state index contributed by atoms with van der Waals surface area (Å²) in [4.78, 5) is 38.8. The van der Waals surface area contributed by atoms with E-state index < -0.39 is 17.8 Å². The molecule has 8 heteroatoms. The number of hydrogen-bond donors (Lipinski definition) is 1. The van der Waals surface area contributed by atoms with Gasteiger partial charge in [0.1, 0.15) is 23.7 Å². The molecule has 1 aliphatic heterocycles. The number of nitrogens with zero attached hydrogens (tertiary/aromatic N) is 1. The van der Waals surface area contributed by atoms with E-state index in [-0.39, 0.29) is 5.57 Å². The molecule has 33 heavy (non-hydrogen) atoms. The van der Waals surface area contributed by atoms with Gasteiger partial charge in [-0.05, 0) is 59.7 Å². The van der Waals surface area contributed by atoms with Gasteiger partial charge in [-0.15, -0.1) is 0 Å². The molecule has 0 bridgehead atoms. The van der Waals surface area contributed by atoms with Gasteiger partial charge in [-0.1, -0.05) is 41.9 Å². The van der Waals surface area contributed by atoms with E-state index in [1.54, 1.807) is 42.5 Å². The molecule has 1 heterocycles. The van der Waals surface area contributed by atoms with Crippen LogP contribution in [0.15, 0.2) is 78.4 Å². The summed E-state index contributed by atoms with van der Waals surface area (Å²) in [5.41, 5.74) is 1.59. The second-order valence-corrected chi connectivity index (χ2v) is 7.59. The Hall–Kier alpha value is -4.10. The van der Waals surface area contributed by atoms with Gasteiger partial charge in [0, 0.05) is 5.02 Å². The third-order valence-electron chi connectivity index (χ3n) is 4.89. The van der Waals surface area contributed by atoms with E-state index in [1.807, 2.05) is 30.3 Å². The number of halogens is 1. The molecule has 0 atom stereocenters. The Labute approximate surface area is 195 Å². The number of carbonyl (C=O) groups is 3. The molecular weight excluding hydrogens is 444 g/mol. The number of hydrogen-bond acceptors (Lipinski definition) is 5. The van der Waals surface area contributed by atoms with Crippen LogP contribution in [-0.4, -0.2) is 25.0 Å². The highest BCUT2D eigenvalue weighted by molar-refractivity contribution is 6.39. The Morgan fingerprint density at radius 2 is 1.67 bits per heavy atom. The van der Waals surface area contributed by atoms with Gasteiger partial charge in [-0.2, -0.15) is 0 Å². The maximum Gasteiger partial charge on any atom is 0.335 e. The Kier molecular flexibility index (Phi) is 6.42. The summed E-state index contributed by atoms with van der Waals surface area (Å²) in [5.74, 6) is -0.494. The highest BCUT2D eigenvalue weighted by atomic mass is 35.5. The summed E-state index contributed by atoms with van der Waals surface area (Å²) < 4.78 is 10.9. The summed E-state index contributed by atoms with van der Waals surface area (Å²) in [6.45, 7) is 0.383. The van der Waals surface area contributed by atoms with Crippen LogP contribution < -0.4 is 19.7 Å². The van der Waals surface area contributed by atoms with Crippen molar-refractivity contribution in [3.8, 4) is 11.5 Å². The maximum absolute atomic E-state index is 13.1. The zero-order chi connectivity index (χ0) is 23.4. The van der Waals surface area contributed by atoms with Crippen LogP contribution in [0.25, 0.3) is 6.08 Å². The lowest BCUT2D eigenvalue weighted by molar-refractivity contribution is -0.122. The van der Waals surface area contributed by atoms with Crippen molar-refractivity contribution in [3.63, 3.8) is 0 Å². The van der Waals surface area contributed by atoms with Crippen LogP contribution in [0, 0.1) is 0 Å². The minimum atomic E-state index is -0.830. The molecular formula is C25H19ClN2O5. The Bertz CT molecular complexity index is 1240. The lowest BCUT2D eigenvalue weighted by Crippen LogP contribution is -2.54. The average Bonchev–Trinajstić information content (AvgIpc) is 2.81. The van der Waals surface area contributed by atoms with Gasteiger partial charge in [0.15, 0.2) is 0 Å². The standard InChI is InChI=1S/C25H19ClN2O5/c1-32-21-12-17(11-18(26)14-21)13-22-23(29)27-25(31)28(24(22)30)19-7-9-20(10-8-19)33-15-16-5-3-2-4-6-16/h2-14H,15H2,1H3,(H,27,29,31)/b22-13+. The first-order chi connectivity index (χ1) is 15.9. The van der Waals surface area contributed by atoms with Crippen LogP contribution >= 0.6 is 11.6 Å². The summed E-state index contributed by atoms with van der Waals surface area (Å²) >= 11 is 6.08. The van der Waals surface area contributed by atoms with Gasteiger partial charge in [0.05, 0.1) is 12.8 Å². The van der Waals surface area contributed by atoms with Crippen LogP contribution in [0.3, 0.4) is 0 Å². The second-order valence-electron chi connectivity index (χ2n) is 7.15. The van der Waals surface area contributed by atoms with Crippen molar-refractivity contribution in [1.29, 1.82) is 0 Å². The maximum atomic E-state index is 13.1. The predicted molar refractivity (Wildman–Crippen MR) is 124 cm³/mol. The molecule has 166 valence electrons. The number of urea groups is 1. The van der Waals surface area contributed by atoms with Crippen molar-refractivity contribution in [1.82, 2.24) is 5.32 Å². The molecule has 3 aromatic rings. The first kappa shape index (κ1) is 22.1. The lowest BCUT2D eigenvalue weighted by atomic mass is 10.1. The molecule has 3 aromatic carbocycles. The molecule has 7 nitrogen and oxygen atoms in total. The van der Waals surface area contributed by atoms with E-state index in [0.717, 1.165) is 10.5 Å². The first-order valence-corrected chi connectivity index (χ1v) is 10.4. The van der Waals surface area contributed by atoms with Crippen molar-refractivity contribution in [2.75, 3.05) is 12.0 Å². The van der Waals surface area contributed by atoms with Gasteiger partial charge in [0.25, 0.3) is 11.8 Å². The summed E-state index contributed by atoms with van der Waals surface area (Å²) in [6.07, 6.45) is 1.36. The van der Waals surface area contributed by atoms with Crippen molar-refractivity contribution < 1.29 is 23.9 Å². The fourth-order valence-electron chi connectivity index (χ4n) is 3.28. The molecule has 1 saturated heterocycles. The number of nitrogens with one attached hydrogen (secondary N) is 1. The van der Waals surface area contributed by atoms with Crippen LogP contribution in [0.2, 0.25) is 5.02 Å². The lowest BCUT2D eigenvalue weighted by Gasteiger charge is -2.26. The van der Waals surface area contributed by atoms with E-state index in [1.165, 1.54) is 13.2 Å². The van der Waals surface area contributed by atoms with Gasteiger partial charge in [0.2, 0.25) is 0 Å². The summed E-state index contributed by atoms with van der Waals surface area (Å²) in [7, 11) is 1.48. The minimum absolute atomic E-state index is 0.205. The minimum Gasteiger partial charge on any atom is -0.497 e. The highest BCUT2D eigenvalue weighted by Crippen LogP contribution is 2.27. The van der Waals surface area contributed by atoms with E-state index in [0.29, 0.717) is 34.4 Å². The largest absolute Gasteiger partial charge is 0.497 e. The van der Waals surface area contributed by atoms with Crippen molar-refractivity contribution in [2.24, 2.45) is 0 Å². The Morgan fingerprint density at radius 1 is 0.939 bits per heavy atom. The number of ether oxygens (including phenoxy) is 2. The Balaban J connectivity index is 1.56. The number of rotatable bonds is 6. The SMILES string of the molecule is COc1cc(Cl)cc(/C=C2\C(=O)NC(=O)N(c3ccc(OCc4ccccc4)cc3)C2=O)c1. The van der Waals surface area contributed by atoms with Crippen molar-refractivity contribution >= 4 is 41.2 Å². The zero-order valence-electron chi connectivity index (χ0n) is 17.6. The highest BCUT2D eigenvalue weighted by Gasteiger charge is 2.36. The molecule has 0 spiro atoms. The number of amides is 4. The summed E-state index contributed by atoms with van der Waals surface area (Å²) in [6, 6.07) is 20.1. The number of carbonyl (C=O) groups excluding carboxylic acids is 3. The quantitative estimate of drug-likeness (QED) is 0.427. The number of imide groups is 2. The third kappa shape index (κ3) is 5.05. The van der Waals surface area contributed by atoms with E-state index >= 15 is 0 Å². The van der Waals surface area contributed by atoms with Gasteiger partial charge < -0.3 is 9.47 Å². The zero-order valence-corrected chi connectivity index (χ0v) is 18.3. The number of anilines is 1. The van der Waals surface area contributed by atoms with Crippen LogP contribution in [-0.2, 0) is 16.2 Å². The molecule has 4 rings (SSSR count). The number of benzene rings is 3. The fraction of sp³-hybridized carbons (Fsp3) is 0.0800. The first-order valence-electron chi connectivity index (χ1n) is 9.97. The molecule has 0 saturated carbocycles. The van der Waals surface area contributed by atoms with Crippen molar-refractivity contribution in [3.05, 3.63) is 94.5 Å². The monoisotopic (exact) mass is 462 g/mol. The van der Waals surface area contributed by atoms with E-state index in [4.69, 9.17) is 21.1 Å². The molecule has 1 fully saturated rings. The second kappa shape index (κ2) is 9.58. The van der Waals surface area contributed by atoms with E-state index in [2.05, 4.69) is 5.32 Å². The van der Waals surface area contributed by atoms with Crippen molar-refractivity contribution in [2.45, 2.75) is 6.61 Å². The normalized spacial score (nSPS) is 14.9. The number of methoxy groups -OCH3 is 1. The molecule has 1 aliphatic rings. The van der Waals surface area contributed by atoms with Crippen LogP contribution in [0.4, 0.5) is 10.5 Å². The van der Waals surface area contributed by atoms with Gasteiger partial charge >= 0.3 is 6.03 Å². The number of barbiturate groups is 1. The average molecular weight is 463 g/mol. The smallest absolute Gasteiger partial charge is 0.335 e. The van der Waals surface area contributed by atoms with Gasteiger partial charge in [-0.3, -0.25) is 14.9 Å². The molecule has 0 aromatic heterocycles. The van der Waals surface area contributed by atoms with Crippen LogP contribution in [0.5, 0.6) is 11.5 Å².